The Kier molecular flexibility index (Phi) is 3.54. The van der Waals surface area contributed by atoms with Crippen molar-refractivity contribution in [2.24, 2.45) is 7.05 Å². The molecule has 0 aromatic carbocycles. The van der Waals surface area contributed by atoms with Crippen LogP contribution < -0.4 is 5.32 Å². The molecule has 2 atom stereocenters. The van der Waals surface area contributed by atoms with Gasteiger partial charge < -0.3 is 10.2 Å². The number of hydrogen-bond donors (Lipinski definition) is 1. The molecule has 110 valence electrons. The van der Waals surface area contributed by atoms with Gasteiger partial charge in [0.25, 0.3) is 0 Å². The summed E-state index contributed by atoms with van der Waals surface area (Å²) in [5, 5.41) is 7.98. The average molecular weight is 276 g/mol. The van der Waals surface area contributed by atoms with Crippen molar-refractivity contribution in [1.29, 1.82) is 0 Å². The molecule has 0 radical (unpaired) electrons. The van der Waals surface area contributed by atoms with E-state index in [1.54, 1.807) is 0 Å². The summed E-state index contributed by atoms with van der Waals surface area (Å²) in [6, 6.07) is 1.05. The van der Waals surface area contributed by atoms with Gasteiger partial charge in [-0.3, -0.25) is 9.48 Å². The van der Waals surface area contributed by atoms with Gasteiger partial charge >= 0.3 is 0 Å². The highest BCUT2D eigenvalue weighted by atomic mass is 16.2. The highest BCUT2D eigenvalue weighted by molar-refractivity contribution is 5.76. The number of likely N-dealkylation sites (tertiary alicyclic amines) is 1. The second-order valence-corrected chi connectivity index (χ2v) is 6.21. The summed E-state index contributed by atoms with van der Waals surface area (Å²) in [5.41, 5.74) is 3.47. The quantitative estimate of drug-likeness (QED) is 0.893. The van der Waals surface area contributed by atoms with E-state index in [2.05, 4.69) is 22.2 Å². The van der Waals surface area contributed by atoms with Crippen molar-refractivity contribution in [2.75, 3.05) is 13.1 Å². The van der Waals surface area contributed by atoms with Crippen LogP contribution in [0.5, 0.6) is 0 Å². The fourth-order valence-corrected chi connectivity index (χ4v) is 3.57. The Hall–Kier alpha value is -1.36. The third-order valence-corrected chi connectivity index (χ3v) is 4.82. The number of fused-ring (bicyclic) bond motifs is 2. The van der Waals surface area contributed by atoms with Crippen LogP contribution in [0.4, 0.5) is 0 Å². The maximum atomic E-state index is 12.4. The van der Waals surface area contributed by atoms with Crippen LogP contribution in [-0.2, 0) is 18.3 Å². The normalized spacial score (nSPS) is 25.2. The molecule has 2 fully saturated rings. The summed E-state index contributed by atoms with van der Waals surface area (Å²) in [7, 11) is 1.96. The predicted molar refractivity (Wildman–Crippen MR) is 77.5 cm³/mol. The van der Waals surface area contributed by atoms with Crippen LogP contribution in [-0.4, -0.2) is 45.8 Å². The highest BCUT2D eigenvalue weighted by Crippen LogP contribution is 2.21. The molecule has 5 nitrogen and oxygen atoms in total. The number of rotatable bonds is 3. The lowest BCUT2D eigenvalue weighted by atomic mass is 10.1. The largest absolute Gasteiger partial charge is 0.340 e. The van der Waals surface area contributed by atoms with Gasteiger partial charge in [-0.2, -0.15) is 5.10 Å². The van der Waals surface area contributed by atoms with Gasteiger partial charge in [0.1, 0.15) is 0 Å². The van der Waals surface area contributed by atoms with Gasteiger partial charge in [0.2, 0.25) is 5.91 Å². The molecule has 0 saturated carbocycles. The van der Waals surface area contributed by atoms with Gasteiger partial charge in [0.05, 0.1) is 5.69 Å². The molecule has 1 aromatic rings. The highest BCUT2D eigenvalue weighted by Gasteiger charge is 2.33. The summed E-state index contributed by atoms with van der Waals surface area (Å²) < 4.78 is 1.90. The van der Waals surface area contributed by atoms with Crippen molar-refractivity contribution in [3.05, 3.63) is 17.0 Å². The number of amides is 1. The average Bonchev–Trinajstić information content (AvgIpc) is 2.87. The van der Waals surface area contributed by atoms with Gasteiger partial charge in [-0.25, -0.2) is 0 Å². The van der Waals surface area contributed by atoms with Crippen LogP contribution in [0.2, 0.25) is 0 Å². The van der Waals surface area contributed by atoms with E-state index in [9.17, 15) is 4.79 Å². The molecule has 1 aromatic heterocycles. The second kappa shape index (κ2) is 5.20. The van der Waals surface area contributed by atoms with Crippen LogP contribution in [0.3, 0.4) is 0 Å². The molecule has 2 aliphatic rings. The number of hydrogen-bond acceptors (Lipinski definition) is 3. The molecule has 5 heteroatoms. The molecule has 2 saturated heterocycles. The lowest BCUT2D eigenvalue weighted by Crippen LogP contribution is -2.53. The van der Waals surface area contributed by atoms with Crippen LogP contribution in [0.25, 0.3) is 0 Å². The number of carbonyl (C=O) groups is 1. The second-order valence-electron chi connectivity index (χ2n) is 6.21. The zero-order valence-corrected chi connectivity index (χ0v) is 12.6. The summed E-state index contributed by atoms with van der Waals surface area (Å²) in [5.74, 6) is 0.297. The van der Waals surface area contributed by atoms with E-state index in [0.29, 0.717) is 24.4 Å². The third kappa shape index (κ3) is 2.46. The van der Waals surface area contributed by atoms with Gasteiger partial charge in [0.15, 0.2) is 0 Å². The van der Waals surface area contributed by atoms with Gasteiger partial charge in [-0.1, -0.05) is 0 Å². The standard InChI is InChI=1S/C15H24N4O/c1-10-14(11(2)18(3)17-10)6-7-15(20)19-8-12-4-5-13(9-19)16-12/h12-13,16H,4-9H2,1-3H3. The number of aryl methyl sites for hydroxylation is 2. The molecular formula is C15H24N4O. The molecular weight excluding hydrogens is 252 g/mol. The molecule has 2 bridgehead atoms. The van der Waals surface area contributed by atoms with E-state index in [1.165, 1.54) is 24.1 Å². The van der Waals surface area contributed by atoms with Gasteiger partial charge in [-0.15, -0.1) is 0 Å². The Morgan fingerprint density at radius 1 is 1.30 bits per heavy atom. The topological polar surface area (TPSA) is 50.2 Å². The Balaban J connectivity index is 1.59. The zero-order chi connectivity index (χ0) is 14.3. The van der Waals surface area contributed by atoms with E-state index in [0.717, 1.165) is 25.2 Å². The smallest absolute Gasteiger partial charge is 0.223 e. The number of aromatic nitrogens is 2. The van der Waals surface area contributed by atoms with E-state index in [-0.39, 0.29) is 0 Å². The molecule has 0 spiro atoms. The maximum Gasteiger partial charge on any atom is 0.223 e. The van der Waals surface area contributed by atoms with Crippen LogP contribution in [0, 0.1) is 13.8 Å². The lowest BCUT2D eigenvalue weighted by molar-refractivity contribution is -0.132. The number of piperazine rings is 1. The molecule has 20 heavy (non-hydrogen) atoms. The minimum Gasteiger partial charge on any atom is -0.340 e. The summed E-state index contributed by atoms with van der Waals surface area (Å²) in [4.78, 5) is 14.4. The Bertz CT molecular complexity index is 510. The van der Waals surface area contributed by atoms with Gasteiger partial charge in [0, 0.05) is 44.3 Å². The van der Waals surface area contributed by atoms with E-state index in [4.69, 9.17) is 0 Å². The summed E-state index contributed by atoms with van der Waals surface area (Å²) in [6.45, 7) is 5.88. The molecule has 3 heterocycles. The van der Waals surface area contributed by atoms with Crippen LogP contribution in [0.1, 0.15) is 36.2 Å². The Labute approximate surface area is 120 Å². The maximum absolute atomic E-state index is 12.4. The van der Waals surface area contributed by atoms with Crippen molar-refractivity contribution in [3.63, 3.8) is 0 Å². The lowest BCUT2D eigenvalue weighted by Gasteiger charge is -2.33. The number of nitrogens with one attached hydrogen (secondary N) is 1. The first-order valence-corrected chi connectivity index (χ1v) is 7.57. The first kappa shape index (κ1) is 13.6. The Morgan fingerprint density at radius 3 is 2.50 bits per heavy atom. The predicted octanol–water partition coefficient (Wildman–Crippen LogP) is 0.932. The van der Waals surface area contributed by atoms with Crippen molar-refractivity contribution in [3.8, 4) is 0 Å². The Morgan fingerprint density at radius 2 is 1.95 bits per heavy atom. The number of carbonyl (C=O) groups excluding carboxylic acids is 1. The van der Waals surface area contributed by atoms with E-state index in [1.807, 2.05) is 18.7 Å². The van der Waals surface area contributed by atoms with Crippen molar-refractivity contribution in [1.82, 2.24) is 20.0 Å². The molecule has 2 aliphatic heterocycles. The van der Waals surface area contributed by atoms with Crippen molar-refractivity contribution >= 4 is 5.91 Å². The molecule has 2 unspecified atom stereocenters. The molecule has 0 aliphatic carbocycles. The summed E-state index contributed by atoms with van der Waals surface area (Å²) >= 11 is 0. The summed E-state index contributed by atoms with van der Waals surface area (Å²) in [6.07, 6.45) is 3.85. The number of nitrogens with zero attached hydrogens (tertiary/aromatic N) is 3. The third-order valence-electron chi connectivity index (χ3n) is 4.82. The van der Waals surface area contributed by atoms with Gasteiger partial charge in [-0.05, 0) is 38.7 Å². The first-order chi connectivity index (χ1) is 9.54. The minimum absolute atomic E-state index is 0.297. The van der Waals surface area contributed by atoms with Crippen LogP contribution >= 0.6 is 0 Å². The van der Waals surface area contributed by atoms with Crippen LogP contribution in [0.15, 0.2) is 0 Å². The monoisotopic (exact) mass is 276 g/mol. The minimum atomic E-state index is 0.297. The van der Waals surface area contributed by atoms with E-state index < -0.39 is 0 Å². The molecule has 3 rings (SSSR count). The fourth-order valence-electron chi connectivity index (χ4n) is 3.57. The first-order valence-electron chi connectivity index (χ1n) is 7.57. The molecule has 1 amide bonds. The van der Waals surface area contributed by atoms with E-state index >= 15 is 0 Å². The molecule has 1 N–H and O–H groups in total. The fraction of sp³-hybridized carbons (Fsp3) is 0.733. The zero-order valence-electron chi connectivity index (χ0n) is 12.6. The van der Waals surface area contributed by atoms with Crippen molar-refractivity contribution in [2.45, 2.75) is 51.6 Å². The van der Waals surface area contributed by atoms with Crippen molar-refractivity contribution < 1.29 is 4.79 Å². The SMILES string of the molecule is Cc1nn(C)c(C)c1CCC(=O)N1CC2CCC(C1)N2.